The van der Waals surface area contributed by atoms with Gasteiger partial charge in [0.05, 0.1) is 0 Å². The van der Waals surface area contributed by atoms with Gasteiger partial charge in [0.25, 0.3) is 5.91 Å². The number of benzene rings is 1. The summed E-state index contributed by atoms with van der Waals surface area (Å²) >= 11 is 0. The summed E-state index contributed by atoms with van der Waals surface area (Å²) in [5.41, 5.74) is 1.20. The smallest absolute Gasteiger partial charge is 0.270 e. The number of nitrogens with zero attached hydrogens (tertiary/aromatic N) is 3. The number of para-hydroxylation sites is 1. The summed E-state index contributed by atoms with van der Waals surface area (Å²) in [6.45, 7) is 3.68. The molecule has 1 N–H and O–H groups in total. The standard InChI is InChI=1S/C19H22N4O3/c1-15(24)21-10-12-22(13-11-21)19(26)17-8-5-9-23(17)14-18(25)20-16-6-3-2-4-7-16/h2-9H,10-14H2,1H3,(H,20,25). The van der Waals surface area contributed by atoms with Crippen LogP contribution in [0.15, 0.2) is 48.7 Å². The van der Waals surface area contributed by atoms with Crippen LogP contribution in [0.2, 0.25) is 0 Å². The number of carbonyl (C=O) groups excluding carboxylic acids is 3. The van der Waals surface area contributed by atoms with Crippen molar-refractivity contribution >= 4 is 23.4 Å². The van der Waals surface area contributed by atoms with Crippen LogP contribution in [0.5, 0.6) is 0 Å². The number of amides is 3. The number of aromatic nitrogens is 1. The van der Waals surface area contributed by atoms with Crippen molar-refractivity contribution < 1.29 is 14.4 Å². The van der Waals surface area contributed by atoms with E-state index in [4.69, 9.17) is 0 Å². The lowest BCUT2D eigenvalue weighted by atomic mass is 10.2. The topological polar surface area (TPSA) is 74.7 Å². The molecule has 26 heavy (non-hydrogen) atoms. The van der Waals surface area contributed by atoms with E-state index in [9.17, 15) is 14.4 Å². The summed E-state index contributed by atoms with van der Waals surface area (Å²) in [5.74, 6) is -0.286. The zero-order valence-electron chi connectivity index (χ0n) is 14.7. The Labute approximate surface area is 152 Å². The molecule has 7 nitrogen and oxygen atoms in total. The SMILES string of the molecule is CC(=O)N1CCN(C(=O)c2cccn2CC(=O)Nc2ccccc2)CC1. The van der Waals surface area contributed by atoms with Gasteiger partial charge in [0.2, 0.25) is 11.8 Å². The van der Waals surface area contributed by atoms with E-state index in [2.05, 4.69) is 5.32 Å². The maximum absolute atomic E-state index is 12.8. The van der Waals surface area contributed by atoms with Gasteiger partial charge in [-0.15, -0.1) is 0 Å². The van der Waals surface area contributed by atoms with Crippen molar-refractivity contribution in [1.29, 1.82) is 0 Å². The van der Waals surface area contributed by atoms with Crippen molar-refractivity contribution in [2.75, 3.05) is 31.5 Å². The van der Waals surface area contributed by atoms with E-state index in [1.54, 1.807) is 32.7 Å². The second kappa shape index (κ2) is 7.86. The molecule has 1 aliphatic heterocycles. The fraction of sp³-hybridized carbons (Fsp3) is 0.316. The average Bonchev–Trinajstić information content (AvgIpc) is 3.10. The van der Waals surface area contributed by atoms with Crippen LogP contribution in [0.25, 0.3) is 0 Å². The third-order valence-corrected chi connectivity index (χ3v) is 4.43. The predicted molar refractivity (Wildman–Crippen MR) is 97.7 cm³/mol. The fourth-order valence-corrected chi connectivity index (χ4v) is 3.01. The summed E-state index contributed by atoms with van der Waals surface area (Å²) in [7, 11) is 0. The highest BCUT2D eigenvalue weighted by atomic mass is 16.2. The van der Waals surface area contributed by atoms with Crippen molar-refractivity contribution in [1.82, 2.24) is 14.4 Å². The minimum Gasteiger partial charge on any atom is -0.339 e. The molecule has 2 aromatic rings. The number of hydrogen-bond acceptors (Lipinski definition) is 3. The molecule has 2 heterocycles. The molecule has 0 aliphatic carbocycles. The largest absolute Gasteiger partial charge is 0.339 e. The molecule has 1 aliphatic rings. The highest BCUT2D eigenvalue weighted by Gasteiger charge is 2.25. The van der Waals surface area contributed by atoms with Crippen LogP contribution < -0.4 is 5.32 Å². The molecule has 0 spiro atoms. The van der Waals surface area contributed by atoms with E-state index in [0.29, 0.717) is 31.9 Å². The molecule has 3 rings (SSSR count). The lowest BCUT2D eigenvalue weighted by molar-refractivity contribution is -0.130. The van der Waals surface area contributed by atoms with E-state index < -0.39 is 0 Å². The molecule has 1 fully saturated rings. The Kier molecular flexibility index (Phi) is 5.36. The molecule has 0 bridgehead atoms. The van der Waals surface area contributed by atoms with Crippen molar-refractivity contribution in [2.45, 2.75) is 13.5 Å². The molecular formula is C19H22N4O3. The van der Waals surface area contributed by atoms with E-state index >= 15 is 0 Å². The van der Waals surface area contributed by atoms with E-state index in [1.165, 1.54) is 6.92 Å². The molecular weight excluding hydrogens is 332 g/mol. The predicted octanol–water partition coefficient (Wildman–Crippen LogP) is 1.43. The molecule has 0 atom stereocenters. The van der Waals surface area contributed by atoms with Crippen molar-refractivity contribution in [3.8, 4) is 0 Å². The molecule has 1 saturated heterocycles. The van der Waals surface area contributed by atoms with Gasteiger partial charge < -0.3 is 19.7 Å². The molecule has 136 valence electrons. The first kappa shape index (κ1) is 17.7. The Bertz CT molecular complexity index is 792. The number of rotatable bonds is 4. The van der Waals surface area contributed by atoms with Crippen LogP contribution in [0.4, 0.5) is 5.69 Å². The lowest BCUT2D eigenvalue weighted by Gasteiger charge is -2.34. The Hall–Kier alpha value is -3.09. The number of hydrogen-bond donors (Lipinski definition) is 1. The third-order valence-electron chi connectivity index (χ3n) is 4.43. The van der Waals surface area contributed by atoms with E-state index in [0.717, 1.165) is 5.69 Å². The van der Waals surface area contributed by atoms with Crippen LogP contribution in [0.1, 0.15) is 17.4 Å². The van der Waals surface area contributed by atoms with Crippen molar-refractivity contribution in [3.05, 3.63) is 54.4 Å². The lowest BCUT2D eigenvalue weighted by Crippen LogP contribution is -2.50. The number of carbonyl (C=O) groups is 3. The molecule has 3 amide bonds. The highest BCUT2D eigenvalue weighted by Crippen LogP contribution is 2.11. The van der Waals surface area contributed by atoms with Gasteiger partial charge in [0, 0.05) is 45.0 Å². The fourth-order valence-electron chi connectivity index (χ4n) is 3.01. The highest BCUT2D eigenvalue weighted by molar-refractivity contribution is 5.95. The Morgan fingerprint density at radius 1 is 0.923 bits per heavy atom. The number of nitrogens with one attached hydrogen (secondary N) is 1. The molecule has 1 aromatic carbocycles. The van der Waals surface area contributed by atoms with Crippen molar-refractivity contribution in [3.63, 3.8) is 0 Å². The minimum absolute atomic E-state index is 0.0260. The average molecular weight is 354 g/mol. The molecule has 0 saturated carbocycles. The zero-order chi connectivity index (χ0) is 18.5. The third kappa shape index (κ3) is 4.11. The molecule has 0 unspecified atom stereocenters. The summed E-state index contributed by atoms with van der Waals surface area (Å²) < 4.78 is 1.65. The van der Waals surface area contributed by atoms with Gasteiger partial charge in [0.15, 0.2) is 0 Å². The van der Waals surface area contributed by atoms with Gasteiger partial charge in [-0.1, -0.05) is 18.2 Å². The Morgan fingerprint density at radius 2 is 1.58 bits per heavy atom. The second-order valence-corrected chi connectivity index (χ2v) is 6.23. The maximum atomic E-state index is 12.8. The minimum atomic E-state index is -0.192. The first-order valence-electron chi connectivity index (χ1n) is 8.59. The number of anilines is 1. The summed E-state index contributed by atoms with van der Waals surface area (Å²) in [4.78, 5) is 39.9. The van der Waals surface area contributed by atoms with Crippen LogP contribution >= 0.6 is 0 Å². The van der Waals surface area contributed by atoms with Gasteiger partial charge in [-0.2, -0.15) is 0 Å². The quantitative estimate of drug-likeness (QED) is 0.903. The molecule has 7 heteroatoms. The normalized spacial score (nSPS) is 14.2. The van der Waals surface area contributed by atoms with Crippen LogP contribution in [-0.4, -0.2) is 58.3 Å². The van der Waals surface area contributed by atoms with Gasteiger partial charge in [0.1, 0.15) is 12.2 Å². The Morgan fingerprint density at radius 3 is 2.23 bits per heavy atom. The number of piperazine rings is 1. The van der Waals surface area contributed by atoms with Gasteiger partial charge in [-0.3, -0.25) is 14.4 Å². The maximum Gasteiger partial charge on any atom is 0.270 e. The summed E-state index contributed by atoms with van der Waals surface area (Å²) in [6, 6.07) is 12.7. The molecule has 1 aromatic heterocycles. The summed E-state index contributed by atoms with van der Waals surface area (Å²) in [6.07, 6.45) is 1.73. The van der Waals surface area contributed by atoms with Crippen LogP contribution in [0.3, 0.4) is 0 Å². The van der Waals surface area contributed by atoms with Gasteiger partial charge in [-0.05, 0) is 24.3 Å². The summed E-state index contributed by atoms with van der Waals surface area (Å²) in [5, 5.41) is 2.82. The zero-order valence-corrected chi connectivity index (χ0v) is 14.7. The monoisotopic (exact) mass is 354 g/mol. The molecule has 0 radical (unpaired) electrons. The van der Waals surface area contributed by atoms with E-state index in [1.807, 2.05) is 30.3 Å². The first-order chi connectivity index (χ1) is 12.5. The second-order valence-electron chi connectivity index (χ2n) is 6.23. The van der Waals surface area contributed by atoms with Crippen LogP contribution in [0, 0.1) is 0 Å². The Balaban J connectivity index is 1.62. The van der Waals surface area contributed by atoms with Gasteiger partial charge >= 0.3 is 0 Å². The van der Waals surface area contributed by atoms with E-state index in [-0.39, 0.29) is 24.3 Å². The first-order valence-corrected chi connectivity index (χ1v) is 8.59. The van der Waals surface area contributed by atoms with Crippen LogP contribution in [-0.2, 0) is 16.1 Å². The van der Waals surface area contributed by atoms with Crippen molar-refractivity contribution in [2.24, 2.45) is 0 Å². The van der Waals surface area contributed by atoms with Gasteiger partial charge in [-0.25, -0.2) is 0 Å².